The summed E-state index contributed by atoms with van der Waals surface area (Å²) in [7, 11) is 0. The zero-order chi connectivity index (χ0) is 32.6. The Balaban J connectivity index is 1.56. The number of halogens is 2. The predicted molar refractivity (Wildman–Crippen MR) is 188 cm³/mol. The zero-order valence-electron chi connectivity index (χ0n) is 25.7. The van der Waals surface area contributed by atoms with Crippen LogP contribution in [-0.4, -0.2) is 22.8 Å². The maximum atomic E-state index is 16.5. The van der Waals surface area contributed by atoms with Crippen molar-refractivity contribution >= 4 is 22.8 Å². The van der Waals surface area contributed by atoms with Crippen molar-refractivity contribution in [3.63, 3.8) is 0 Å². The lowest BCUT2D eigenvalue weighted by Crippen LogP contribution is -2.44. The highest BCUT2D eigenvalue weighted by molar-refractivity contribution is 6.55. The molecule has 0 aliphatic carbocycles. The van der Waals surface area contributed by atoms with E-state index in [1.807, 2.05) is 121 Å². The van der Waals surface area contributed by atoms with Crippen LogP contribution in [0.1, 0.15) is 33.4 Å². The SMILES string of the molecule is Fc1ccccc1C1(C2(c3ccccc3F)N=C(c3ccccc3)C(c3ccccc3)=N2)N=C(c2ccccc2)C(c2ccccc2)=N1. The topological polar surface area (TPSA) is 49.4 Å². The van der Waals surface area contributed by atoms with E-state index in [2.05, 4.69) is 0 Å². The van der Waals surface area contributed by atoms with E-state index in [4.69, 9.17) is 20.0 Å². The van der Waals surface area contributed by atoms with Crippen molar-refractivity contribution < 1.29 is 8.78 Å². The van der Waals surface area contributed by atoms with Crippen LogP contribution < -0.4 is 0 Å². The molecule has 0 aromatic heterocycles. The molecule has 0 saturated carbocycles. The van der Waals surface area contributed by atoms with Gasteiger partial charge >= 0.3 is 0 Å². The van der Waals surface area contributed by atoms with Gasteiger partial charge in [0.15, 0.2) is 0 Å². The van der Waals surface area contributed by atoms with Crippen molar-refractivity contribution in [1.82, 2.24) is 0 Å². The summed E-state index contributed by atoms with van der Waals surface area (Å²) in [5.74, 6) is -1.11. The lowest BCUT2D eigenvalue weighted by molar-refractivity contribution is 0.242. The van der Waals surface area contributed by atoms with Crippen LogP contribution in [0.15, 0.2) is 190 Å². The van der Waals surface area contributed by atoms with E-state index >= 15 is 8.78 Å². The highest BCUT2D eigenvalue weighted by atomic mass is 19.1. The van der Waals surface area contributed by atoms with Gasteiger partial charge in [-0.3, -0.25) is 0 Å². The minimum atomic E-state index is -1.90. The molecule has 0 atom stereocenters. The summed E-state index contributed by atoms with van der Waals surface area (Å²) in [4.78, 5) is 21.6. The predicted octanol–water partition coefficient (Wildman–Crippen LogP) is 8.96. The summed E-state index contributed by atoms with van der Waals surface area (Å²) < 4.78 is 33.0. The van der Waals surface area contributed by atoms with Gasteiger partial charge in [-0.15, -0.1) is 0 Å². The third-order valence-corrected chi connectivity index (χ3v) is 8.72. The van der Waals surface area contributed by atoms with Crippen molar-refractivity contribution in [3.05, 3.63) is 215 Å². The molecule has 0 unspecified atom stereocenters. The summed E-state index contributed by atoms with van der Waals surface area (Å²) in [6.45, 7) is 0. The Hall–Kier alpha value is -6.14. The summed E-state index contributed by atoms with van der Waals surface area (Å²) >= 11 is 0. The van der Waals surface area contributed by atoms with Crippen molar-refractivity contribution in [2.75, 3.05) is 0 Å². The molecule has 230 valence electrons. The lowest BCUT2D eigenvalue weighted by atomic mass is 9.81. The molecule has 2 heterocycles. The summed E-state index contributed by atoms with van der Waals surface area (Å²) in [5, 5.41) is 0. The second-order valence-corrected chi connectivity index (χ2v) is 11.6. The molecule has 0 N–H and O–H groups in total. The number of benzene rings is 6. The Morgan fingerprint density at radius 3 is 0.771 bits per heavy atom. The monoisotopic (exact) mass is 626 g/mol. The Bertz CT molecular complexity index is 1970. The normalized spacial score (nSPS) is 16.1. The van der Waals surface area contributed by atoms with E-state index in [-0.39, 0.29) is 11.1 Å². The van der Waals surface area contributed by atoms with Crippen LogP contribution >= 0.6 is 0 Å². The fraction of sp³-hybridized carbons (Fsp3) is 0.0476. The molecule has 6 aromatic rings. The first-order valence-electron chi connectivity index (χ1n) is 15.7. The number of hydrogen-bond acceptors (Lipinski definition) is 4. The van der Waals surface area contributed by atoms with Crippen LogP contribution in [0.5, 0.6) is 0 Å². The quantitative estimate of drug-likeness (QED) is 0.170. The van der Waals surface area contributed by atoms with Crippen molar-refractivity contribution in [2.24, 2.45) is 20.0 Å². The molecule has 2 aliphatic rings. The van der Waals surface area contributed by atoms with E-state index < -0.39 is 23.0 Å². The first-order chi connectivity index (χ1) is 23.6. The number of rotatable bonds is 7. The van der Waals surface area contributed by atoms with E-state index in [0.29, 0.717) is 22.8 Å². The van der Waals surface area contributed by atoms with Gasteiger partial charge in [-0.25, -0.2) is 28.8 Å². The molecule has 0 saturated heterocycles. The van der Waals surface area contributed by atoms with E-state index in [1.165, 1.54) is 12.1 Å². The van der Waals surface area contributed by atoms with Crippen molar-refractivity contribution in [1.29, 1.82) is 0 Å². The van der Waals surface area contributed by atoms with Gasteiger partial charge < -0.3 is 0 Å². The van der Waals surface area contributed by atoms with E-state index in [1.54, 1.807) is 36.4 Å². The smallest absolute Gasteiger partial charge is 0.229 e. The van der Waals surface area contributed by atoms with E-state index in [0.717, 1.165) is 22.3 Å². The lowest BCUT2D eigenvalue weighted by Gasteiger charge is -2.38. The molecule has 2 aliphatic heterocycles. The number of aliphatic imine (C=N–C) groups is 4. The Kier molecular flexibility index (Phi) is 7.26. The average molecular weight is 627 g/mol. The third kappa shape index (κ3) is 4.73. The standard InChI is InChI=1S/C42H28F2N4/c43-35-27-15-13-25-33(35)41(45-37(29-17-5-1-6-18-29)38(46-41)30-19-7-2-8-20-30)42(34-26-14-16-28-36(34)44)47-39(31-21-9-3-10-22-31)40(48-42)32-23-11-4-12-24-32/h1-28H. The molecule has 0 bridgehead atoms. The third-order valence-electron chi connectivity index (χ3n) is 8.72. The van der Waals surface area contributed by atoms with Crippen LogP contribution in [-0.2, 0) is 11.3 Å². The average Bonchev–Trinajstić information content (AvgIpc) is 3.76. The van der Waals surface area contributed by atoms with Gasteiger partial charge in [-0.2, -0.15) is 0 Å². The molecule has 0 spiro atoms. The summed E-state index contributed by atoms with van der Waals surface area (Å²) in [6, 6.07) is 51.3. The molecule has 0 amide bonds. The molecule has 0 radical (unpaired) electrons. The van der Waals surface area contributed by atoms with Crippen molar-refractivity contribution in [2.45, 2.75) is 11.3 Å². The first-order valence-corrected chi connectivity index (χ1v) is 15.7. The second-order valence-electron chi connectivity index (χ2n) is 11.6. The fourth-order valence-corrected chi connectivity index (χ4v) is 6.51. The van der Waals surface area contributed by atoms with Crippen LogP contribution in [0.4, 0.5) is 8.78 Å². The highest BCUT2D eigenvalue weighted by Crippen LogP contribution is 2.55. The molecule has 0 fully saturated rings. The Labute approximate surface area is 277 Å². The number of hydrogen-bond donors (Lipinski definition) is 0. The van der Waals surface area contributed by atoms with Gasteiger partial charge in [0.05, 0.1) is 22.8 Å². The molecule has 6 heteroatoms. The molecule has 6 aromatic carbocycles. The largest absolute Gasteiger partial charge is 0.243 e. The zero-order valence-corrected chi connectivity index (χ0v) is 25.7. The fourth-order valence-electron chi connectivity index (χ4n) is 6.51. The van der Waals surface area contributed by atoms with E-state index in [9.17, 15) is 0 Å². The van der Waals surface area contributed by atoms with Crippen LogP contribution in [0.3, 0.4) is 0 Å². The molecule has 4 nitrogen and oxygen atoms in total. The van der Waals surface area contributed by atoms with Gasteiger partial charge in [0.1, 0.15) is 11.6 Å². The number of nitrogens with zero attached hydrogens (tertiary/aromatic N) is 4. The molecular formula is C42H28F2N4. The van der Waals surface area contributed by atoms with Gasteiger partial charge in [0, 0.05) is 33.4 Å². The molecular weight excluding hydrogens is 598 g/mol. The van der Waals surface area contributed by atoms with Gasteiger partial charge in [-0.1, -0.05) is 158 Å². The Morgan fingerprint density at radius 1 is 0.292 bits per heavy atom. The van der Waals surface area contributed by atoms with Crippen LogP contribution in [0, 0.1) is 11.6 Å². The van der Waals surface area contributed by atoms with Gasteiger partial charge in [0.2, 0.25) is 11.3 Å². The first kappa shape index (κ1) is 29.3. The van der Waals surface area contributed by atoms with Gasteiger partial charge in [-0.05, 0) is 12.1 Å². The second kappa shape index (κ2) is 11.9. The van der Waals surface area contributed by atoms with Crippen LogP contribution in [0.25, 0.3) is 0 Å². The molecule has 48 heavy (non-hydrogen) atoms. The minimum Gasteiger partial charge on any atom is -0.243 e. The summed E-state index contributed by atoms with van der Waals surface area (Å²) in [6.07, 6.45) is 0. The molecule has 8 rings (SSSR count). The maximum absolute atomic E-state index is 16.5. The maximum Gasteiger partial charge on any atom is 0.229 e. The van der Waals surface area contributed by atoms with Crippen LogP contribution in [0.2, 0.25) is 0 Å². The van der Waals surface area contributed by atoms with Gasteiger partial charge in [0.25, 0.3) is 0 Å². The van der Waals surface area contributed by atoms with Crippen molar-refractivity contribution in [3.8, 4) is 0 Å². The highest BCUT2D eigenvalue weighted by Gasteiger charge is 2.62. The Morgan fingerprint density at radius 2 is 0.521 bits per heavy atom. The minimum absolute atomic E-state index is 0.127. The summed E-state index contributed by atoms with van der Waals surface area (Å²) in [5.41, 5.74) is 1.69.